The second-order valence-electron chi connectivity index (χ2n) is 4.92. The van der Waals surface area contributed by atoms with Crippen molar-refractivity contribution >= 4 is 0 Å². The van der Waals surface area contributed by atoms with Gasteiger partial charge in [0.25, 0.3) is 0 Å². The normalized spacial score (nSPS) is 37.3. The van der Waals surface area contributed by atoms with E-state index < -0.39 is 0 Å². The maximum Gasteiger partial charge on any atom is 0.0113 e. The fourth-order valence-electron chi connectivity index (χ4n) is 2.72. The third kappa shape index (κ3) is 2.47. The van der Waals surface area contributed by atoms with Gasteiger partial charge in [0.15, 0.2) is 0 Å². The van der Waals surface area contributed by atoms with Crippen LogP contribution in [-0.2, 0) is 0 Å². The zero-order valence-electron chi connectivity index (χ0n) is 9.28. The Morgan fingerprint density at radius 3 is 2.43 bits per heavy atom. The number of hydrogen-bond acceptors (Lipinski definition) is 3. The molecule has 1 heterocycles. The van der Waals surface area contributed by atoms with Crippen molar-refractivity contribution in [1.29, 1.82) is 0 Å². The SMILES string of the molecule is CN1CCN([C@H]2CCC[C@@H](N)C2)CC1. The van der Waals surface area contributed by atoms with Gasteiger partial charge in [-0.3, -0.25) is 4.90 Å². The van der Waals surface area contributed by atoms with Crippen molar-refractivity contribution in [1.82, 2.24) is 9.80 Å². The van der Waals surface area contributed by atoms with E-state index in [1.165, 1.54) is 51.9 Å². The van der Waals surface area contributed by atoms with Crippen molar-refractivity contribution in [2.45, 2.75) is 37.8 Å². The Morgan fingerprint density at radius 1 is 1.07 bits per heavy atom. The average molecular weight is 197 g/mol. The quantitative estimate of drug-likeness (QED) is 0.664. The number of hydrogen-bond donors (Lipinski definition) is 1. The van der Waals surface area contributed by atoms with Gasteiger partial charge in [-0.25, -0.2) is 0 Å². The van der Waals surface area contributed by atoms with Crippen LogP contribution < -0.4 is 5.73 Å². The second kappa shape index (κ2) is 4.60. The Labute approximate surface area is 87.2 Å². The molecule has 1 aliphatic heterocycles. The van der Waals surface area contributed by atoms with Crippen LogP contribution in [0.3, 0.4) is 0 Å². The molecule has 0 radical (unpaired) electrons. The summed E-state index contributed by atoms with van der Waals surface area (Å²) in [4.78, 5) is 5.07. The van der Waals surface area contributed by atoms with Gasteiger partial charge in [0, 0.05) is 38.3 Å². The van der Waals surface area contributed by atoms with Crippen LogP contribution in [0.2, 0.25) is 0 Å². The van der Waals surface area contributed by atoms with Crippen LogP contribution in [-0.4, -0.2) is 55.1 Å². The first kappa shape index (κ1) is 10.4. The van der Waals surface area contributed by atoms with Crippen molar-refractivity contribution in [2.75, 3.05) is 33.2 Å². The molecule has 0 unspecified atom stereocenters. The number of likely N-dealkylation sites (N-methyl/N-ethyl adjacent to an activating group) is 1. The molecule has 0 aromatic rings. The molecule has 2 atom stereocenters. The molecule has 14 heavy (non-hydrogen) atoms. The zero-order chi connectivity index (χ0) is 9.97. The van der Waals surface area contributed by atoms with Gasteiger partial charge in [0.05, 0.1) is 0 Å². The molecule has 0 amide bonds. The smallest absolute Gasteiger partial charge is 0.0113 e. The van der Waals surface area contributed by atoms with Gasteiger partial charge in [-0.1, -0.05) is 6.42 Å². The molecule has 1 aliphatic carbocycles. The van der Waals surface area contributed by atoms with E-state index in [2.05, 4.69) is 16.8 Å². The van der Waals surface area contributed by atoms with Gasteiger partial charge >= 0.3 is 0 Å². The summed E-state index contributed by atoms with van der Waals surface area (Å²) in [7, 11) is 2.21. The lowest BCUT2D eigenvalue weighted by Crippen LogP contribution is -2.51. The number of nitrogens with zero attached hydrogens (tertiary/aromatic N) is 2. The van der Waals surface area contributed by atoms with Crippen LogP contribution in [0.4, 0.5) is 0 Å². The van der Waals surface area contributed by atoms with Crippen molar-refractivity contribution < 1.29 is 0 Å². The lowest BCUT2D eigenvalue weighted by molar-refractivity contribution is 0.0869. The third-order valence-electron chi connectivity index (χ3n) is 3.74. The van der Waals surface area contributed by atoms with Crippen LogP contribution in [0.25, 0.3) is 0 Å². The minimum atomic E-state index is 0.466. The molecule has 2 fully saturated rings. The Morgan fingerprint density at radius 2 is 1.79 bits per heavy atom. The molecular formula is C11H23N3. The highest BCUT2D eigenvalue weighted by atomic mass is 15.3. The first-order valence-electron chi connectivity index (χ1n) is 5.94. The van der Waals surface area contributed by atoms with Crippen molar-refractivity contribution in [3.8, 4) is 0 Å². The van der Waals surface area contributed by atoms with Crippen LogP contribution in [0.1, 0.15) is 25.7 Å². The van der Waals surface area contributed by atoms with E-state index in [-0.39, 0.29) is 0 Å². The van der Waals surface area contributed by atoms with E-state index in [4.69, 9.17) is 5.73 Å². The maximum atomic E-state index is 6.02. The summed E-state index contributed by atoms with van der Waals surface area (Å²) in [6.07, 6.45) is 5.17. The average Bonchev–Trinajstić information content (AvgIpc) is 2.19. The maximum absolute atomic E-state index is 6.02. The van der Waals surface area contributed by atoms with Gasteiger partial charge in [0.2, 0.25) is 0 Å². The minimum Gasteiger partial charge on any atom is -0.328 e. The van der Waals surface area contributed by atoms with Crippen molar-refractivity contribution in [2.24, 2.45) is 5.73 Å². The molecule has 0 aromatic carbocycles. The first-order valence-corrected chi connectivity index (χ1v) is 5.94. The predicted molar refractivity (Wildman–Crippen MR) is 59.3 cm³/mol. The van der Waals surface area contributed by atoms with E-state index >= 15 is 0 Å². The summed E-state index contributed by atoms with van der Waals surface area (Å²) in [5.74, 6) is 0. The van der Waals surface area contributed by atoms with E-state index in [9.17, 15) is 0 Å². The number of piperazine rings is 1. The summed E-state index contributed by atoms with van der Waals surface area (Å²) < 4.78 is 0. The molecule has 0 bridgehead atoms. The van der Waals surface area contributed by atoms with Crippen molar-refractivity contribution in [3.05, 3.63) is 0 Å². The predicted octanol–water partition coefficient (Wildman–Crippen LogP) is 0.504. The zero-order valence-corrected chi connectivity index (χ0v) is 9.28. The molecule has 2 rings (SSSR count). The minimum absolute atomic E-state index is 0.466. The second-order valence-corrected chi connectivity index (χ2v) is 4.92. The van der Waals surface area contributed by atoms with Crippen LogP contribution in [0, 0.1) is 0 Å². The molecule has 1 saturated heterocycles. The lowest BCUT2D eigenvalue weighted by Gasteiger charge is -2.40. The standard InChI is InChI=1S/C11H23N3/c1-13-5-7-14(8-6-13)11-4-2-3-10(12)9-11/h10-11H,2-9,12H2,1H3/t10-,11+/m1/s1. The summed E-state index contributed by atoms with van der Waals surface area (Å²) in [5.41, 5.74) is 6.02. The highest BCUT2D eigenvalue weighted by molar-refractivity contribution is 4.84. The third-order valence-corrected chi connectivity index (χ3v) is 3.74. The van der Waals surface area contributed by atoms with E-state index in [0.29, 0.717) is 6.04 Å². The van der Waals surface area contributed by atoms with Gasteiger partial charge in [-0.15, -0.1) is 0 Å². The molecule has 0 spiro atoms. The fraction of sp³-hybridized carbons (Fsp3) is 1.00. The van der Waals surface area contributed by atoms with Gasteiger partial charge < -0.3 is 10.6 Å². The summed E-state index contributed by atoms with van der Waals surface area (Å²) in [5, 5.41) is 0. The van der Waals surface area contributed by atoms with Gasteiger partial charge in [-0.2, -0.15) is 0 Å². The molecule has 1 saturated carbocycles. The van der Waals surface area contributed by atoms with E-state index in [1.54, 1.807) is 0 Å². The highest BCUT2D eigenvalue weighted by Crippen LogP contribution is 2.22. The summed E-state index contributed by atoms with van der Waals surface area (Å²) in [6, 6.07) is 1.25. The summed E-state index contributed by atoms with van der Waals surface area (Å²) in [6.45, 7) is 4.94. The number of rotatable bonds is 1. The monoisotopic (exact) mass is 197 g/mol. The molecule has 2 aliphatic rings. The molecule has 2 N–H and O–H groups in total. The Balaban J connectivity index is 1.82. The van der Waals surface area contributed by atoms with Gasteiger partial charge in [0.1, 0.15) is 0 Å². The lowest BCUT2D eigenvalue weighted by atomic mass is 9.90. The van der Waals surface area contributed by atoms with Crippen molar-refractivity contribution in [3.63, 3.8) is 0 Å². The number of nitrogens with two attached hydrogens (primary N) is 1. The largest absolute Gasteiger partial charge is 0.328 e. The van der Waals surface area contributed by atoms with Crippen LogP contribution in [0.5, 0.6) is 0 Å². The Hall–Kier alpha value is -0.120. The first-order chi connectivity index (χ1) is 6.75. The topological polar surface area (TPSA) is 32.5 Å². The molecule has 3 heteroatoms. The molecule has 3 nitrogen and oxygen atoms in total. The Bertz CT molecular complexity index is 175. The summed E-state index contributed by atoms with van der Waals surface area (Å²) >= 11 is 0. The van der Waals surface area contributed by atoms with Crippen LogP contribution >= 0.6 is 0 Å². The highest BCUT2D eigenvalue weighted by Gasteiger charge is 2.26. The molecule has 82 valence electrons. The Kier molecular flexibility index (Phi) is 3.42. The molecular weight excluding hydrogens is 174 g/mol. The van der Waals surface area contributed by atoms with Gasteiger partial charge in [-0.05, 0) is 26.3 Å². The van der Waals surface area contributed by atoms with E-state index in [1.807, 2.05) is 0 Å². The van der Waals surface area contributed by atoms with Crippen LogP contribution in [0.15, 0.2) is 0 Å². The molecule has 0 aromatic heterocycles. The van der Waals surface area contributed by atoms with E-state index in [0.717, 1.165) is 6.04 Å². The fourth-order valence-corrected chi connectivity index (χ4v) is 2.72.